The first kappa shape index (κ1) is 23.1. The summed E-state index contributed by atoms with van der Waals surface area (Å²) in [6, 6.07) is 13.5. The molecule has 0 aromatic heterocycles. The minimum absolute atomic E-state index is 0.0210. The molecule has 1 atom stereocenters. The molecule has 0 bridgehead atoms. The SMILES string of the molecule is CCOc1ccc(NC(=O)C(=O)NC[C@@H](c2ccc3c(c2)CCN3C)N2CCOCC2)cc1. The van der Waals surface area contributed by atoms with Gasteiger partial charge in [-0.25, -0.2) is 0 Å². The summed E-state index contributed by atoms with van der Waals surface area (Å²) in [5.41, 5.74) is 4.29. The van der Waals surface area contributed by atoms with Crippen molar-refractivity contribution in [3.8, 4) is 5.75 Å². The molecule has 0 saturated carbocycles. The number of fused-ring (bicyclic) bond motifs is 1. The van der Waals surface area contributed by atoms with Crippen LogP contribution in [0.2, 0.25) is 0 Å². The van der Waals surface area contributed by atoms with Gasteiger partial charge in [0.2, 0.25) is 0 Å². The van der Waals surface area contributed by atoms with Gasteiger partial charge in [0, 0.05) is 44.6 Å². The van der Waals surface area contributed by atoms with Gasteiger partial charge in [0.05, 0.1) is 25.9 Å². The molecule has 0 radical (unpaired) electrons. The zero-order chi connectivity index (χ0) is 23.2. The average Bonchev–Trinajstić information content (AvgIpc) is 3.21. The molecule has 2 amide bonds. The van der Waals surface area contributed by atoms with Crippen LogP contribution in [-0.4, -0.2) is 69.8 Å². The lowest BCUT2D eigenvalue weighted by Crippen LogP contribution is -2.45. The number of rotatable bonds is 7. The number of amides is 2. The maximum absolute atomic E-state index is 12.6. The van der Waals surface area contributed by atoms with E-state index < -0.39 is 11.8 Å². The first-order valence-corrected chi connectivity index (χ1v) is 11.5. The Hall–Kier alpha value is -3.10. The monoisotopic (exact) mass is 452 g/mol. The standard InChI is InChI=1S/C25H32N4O4/c1-3-33-21-7-5-20(6-8-21)27-25(31)24(30)26-17-23(29-12-14-32-15-13-29)18-4-9-22-19(16-18)10-11-28(22)2/h4-9,16,23H,3,10-15,17H2,1-2H3,(H,26,30)(H,27,31)/t23-/m0/s1. The van der Waals surface area contributed by atoms with Crippen LogP contribution in [0.4, 0.5) is 11.4 Å². The summed E-state index contributed by atoms with van der Waals surface area (Å²) in [4.78, 5) is 29.6. The summed E-state index contributed by atoms with van der Waals surface area (Å²) < 4.78 is 10.9. The Kier molecular flexibility index (Phi) is 7.47. The van der Waals surface area contributed by atoms with Crippen molar-refractivity contribution in [1.82, 2.24) is 10.2 Å². The highest BCUT2D eigenvalue weighted by Crippen LogP contribution is 2.31. The highest BCUT2D eigenvalue weighted by Gasteiger charge is 2.26. The van der Waals surface area contributed by atoms with Gasteiger partial charge >= 0.3 is 11.8 Å². The Bertz CT molecular complexity index is 973. The van der Waals surface area contributed by atoms with E-state index >= 15 is 0 Å². The maximum atomic E-state index is 12.6. The Labute approximate surface area is 194 Å². The molecular weight excluding hydrogens is 420 g/mol. The lowest BCUT2D eigenvalue weighted by Gasteiger charge is -2.35. The van der Waals surface area contributed by atoms with Gasteiger partial charge in [-0.05, 0) is 54.8 Å². The molecule has 2 aliphatic rings. The molecule has 4 rings (SSSR count). The summed E-state index contributed by atoms with van der Waals surface area (Å²) in [5.74, 6) is -0.618. The molecule has 33 heavy (non-hydrogen) atoms. The number of hydrogen-bond acceptors (Lipinski definition) is 6. The van der Waals surface area contributed by atoms with Gasteiger partial charge in [-0.15, -0.1) is 0 Å². The van der Waals surface area contributed by atoms with Crippen molar-refractivity contribution in [2.75, 3.05) is 63.3 Å². The van der Waals surface area contributed by atoms with Gasteiger partial charge < -0.3 is 25.0 Å². The molecule has 0 spiro atoms. The Balaban J connectivity index is 1.41. The van der Waals surface area contributed by atoms with Crippen molar-refractivity contribution >= 4 is 23.2 Å². The third kappa shape index (κ3) is 5.64. The van der Waals surface area contributed by atoms with E-state index in [1.807, 2.05) is 6.92 Å². The maximum Gasteiger partial charge on any atom is 0.313 e. The number of anilines is 2. The summed E-state index contributed by atoms with van der Waals surface area (Å²) >= 11 is 0. The van der Waals surface area contributed by atoms with Gasteiger partial charge in [0.25, 0.3) is 0 Å². The van der Waals surface area contributed by atoms with E-state index in [9.17, 15) is 9.59 Å². The number of ether oxygens (including phenoxy) is 2. The molecule has 2 heterocycles. The zero-order valence-electron chi connectivity index (χ0n) is 19.3. The second-order valence-electron chi connectivity index (χ2n) is 8.35. The Morgan fingerprint density at radius 2 is 1.82 bits per heavy atom. The van der Waals surface area contributed by atoms with E-state index in [0.717, 1.165) is 31.6 Å². The Morgan fingerprint density at radius 1 is 1.06 bits per heavy atom. The topological polar surface area (TPSA) is 83.1 Å². The summed E-state index contributed by atoms with van der Waals surface area (Å²) in [6.45, 7) is 6.75. The fourth-order valence-corrected chi connectivity index (χ4v) is 4.40. The quantitative estimate of drug-likeness (QED) is 0.627. The summed E-state index contributed by atoms with van der Waals surface area (Å²) in [5, 5.41) is 5.49. The molecule has 0 unspecified atom stereocenters. The van der Waals surface area contributed by atoms with E-state index in [1.165, 1.54) is 11.3 Å². The smallest absolute Gasteiger partial charge is 0.313 e. The summed E-state index contributed by atoms with van der Waals surface area (Å²) in [7, 11) is 2.11. The van der Waals surface area contributed by atoms with Gasteiger partial charge in [0.15, 0.2) is 0 Å². The summed E-state index contributed by atoms with van der Waals surface area (Å²) in [6.07, 6.45) is 1.02. The lowest BCUT2D eigenvalue weighted by atomic mass is 10.0. The molecular formula is C25H32N4O4. The molecule has 8 heteroatoms. The second kappa shape index (κ2) is 10.7. The molecule has 2 aromatic rings. The van der Waals surface area contributed by atoms with Crippen molar-refractivity contribution in [2.45, 2.75) is 19.4 Å². The lowest BCUT2D eigenvalue weighted by molar-refractivity contribution is -0.136. The number of hydrogen-bond donors (Lipinski definition) is 2. The number of nitrogens with zero attached hydrogens (tertiary/aromatic N) is 2. The minimum atomic E-state index is -0.685. The fourth-order valence-electron chi connectivity index (χ4n) is 4.40. The molecule has 2 aromatic carbocycles. The zero-order valence-corrected chi connectivity index (χ0v) is 19.3. The van der Waals surface area contributed by atoms with Gasteiger partial charge in [-0.2, -0.15) is 0 Å². The largest absolute Gasteiger partial charge is 0.494 e. The minimum Gasteiger partial charge on any atom is -0.494 e. The van der Waals surface area contributed by atoms with E-state index in [0.29, 0.717) is 37.8 Å². The van der Waals surface area contributed by atoms with Gasteiger partial charge in [-0.3, -0.25) is 14.5 Å². The van der Waals surface area contributed by atoms with E-state index in [1.54, 1.807) is 24.3 Å². The molecule has 1 saturated heterocycles. The first-order chi connectivity index (χ1) is 16.0. The van der Waals surface area contributed by atoms with Crippen LogP contribution in [0.3, 0.4) is 0 Å². The van der Waals surface area contributed by atoms with Crippen LogP contribution in [-0.2, 0) is 20.7 Å². The highest BCUT2D eigenvalue weighted by molar-refractivity contribution is 6.39. The van der Waals surface area contributed by atoms with Gasteiger partial charge in [0.1, 0.15) is 5.75 Å². The third-order valence-corrected chi connectivity index (χ3v) is 6.19. The molecule has 0 aliphatic carbocycles. The Morgan fingerprint density at radius 3 is 2.55 bits per heavy atom. The number of benzene rings is 2. The first-order valence-electron chi connectivity index (χ1n) is 11.5. The van der Waals surface area contributed by atoms with Crippen molar-refractivity contribution in [3.05, 3.63) is 53.6 Å². The van der Waals surface area contributed by atoms with Crippen LogP contribution < -0.4 is 20.3 Å². The fraction of sp³-hybridized carbons (Fsp3) is 0.440. The highest BCUT2D eigenvalue weighted by atomic mass is 16.5. The van der Waals surface area contributed by atoms with E-state index in [4.69, 9.17) is 9.47 Å². The third-order valence-electron chi connectivity index (χ3n) is 6.19. The van der Waals surface area contributed by atoms with Crippen LogP contribution in [0, 0.1) is 0 Å². The normalized spacial score (nSPS) is 16.7. The van der Waals surface area contributed by atoms with Crippen LogP contribution in [0.1, 0.15) is 24.1 Å². The van der Waals surface area contributed by atoms with E-state index in [-0.39, 0.29) is 6.04 Å². The van der Waals surface area contributed by atoms with Crippen LogP contribution >= 0.6 is 0 Å². The van der Waals surface area contributed by atoms with Crippen molar-refractivity contribution in [3.63, 3.8) is 0 Å². The number of morpholine rings is 1. The predicted octanol–water partition coefficient (Wildman–Crippen LogP) is 2.21. The van der Waals surface area contributed by atoms with Crippen molar-refractivity contribution < 1.29 is 19.1 Å². The van der Waals surface area contributed by atoms with Crippen LogP contribution in [0.25, 0.3) is 0 Å². The molecule has 8 nitrogen and oxygen atoms in total. The van der Waals surface area contributed by atoms with Crippen molar-refractivity contribution in [1.29, 1.82) is 0 Å². The average molecular weight is 453 g/mol. The molecule has 2 aliphatic heterocycles. The number of carbonyl (C=O) groups excluding carboxylic acids is 2. The van der Waals surface area contributed by atoms with E-state index in [2.05, 4.69) is 45.7 Å². The predicted molar refractivity (Wildman–Crippen MR) is 128 cm³/mol. The number of likely N-dealkylation sites (N-methyl/N-ethyl adjacent to an activating group) is 1. The molecule has 1 fully saturated rings. The van der Waals surface area contributed by atoms with Gasteiger partial charge in [-0.1, -0.05) is 12.1 Å². The number of nitrogens with one attached hydrogen (secondary N) is 2. The van der Waals surface area contributed by atoms with Crippen molar-refractivity contribution in [2.24, 2.45) is 0 Å². The second-order valence-corrected chi connectivity index (χ2v) is 8.35. The van der Waals surface area contributed by atoms with Crippen LogP contribution in [0.5, 0.6) is 5.75 Å². The number of carbonyl (C=O) groups is 2. The molecule has 2 N–H and O–H groups in total. The molecule has 176 valence electrons. The van der Waals surface area contributed by atoms with Crippen LogP contribution in [0.15, 0.2) is 42.5 Å².